The van der Waals surface area contributed by atoms with E-state index in [0.717, 1.165) is 37.1 Å². The summed E-state index contributed by atoms with van der Waals surface area (Å²) in [5.41, 5.74) is 3.10. The lowest BCUT2D eigenvalue weighted by Crippen LogP contribution is -2.49. The third-order valence-corrected chi connectivity index (χ3v) is 5.56. The van der Waals surface area contributed by atoms with Gasteiger partial charge in [-0.1, -0.05) is 23.8 Å². The number of ketones is 1. The predicted molar refractivity (Wildman–Crippen MR) is 101 cm³/mol. The maximum Gasteiger partial charge on any atom is 0.236 e. The van der Waals surface area contributed by atoms with Crippen LogP contribution in [0.2, 0.25) is 0 Å². The molecular weight excluding hydrogens is 328 g/mol. The van der Waals surface area contributed by atoms with E-state index in [4.69, 9.17) is 4.74 Å². The van der Waals surface area contributed by atoms with Crippen LogP contribution < -0.4 is 0 Å². The SMILES string of the molecule is Cc1ccc(C(=O)C2CCN(CC(=O)N3CCO[C@H](C)C3)CC2)c(C)c1. The average molecular weight is 358 g/mol. The zero-order chi connectivity index (χ0) is 18.7. The molecular formula is C21H30N2O3. The molecule has 0 bridgehead atoms. The highest BCUT2D eigenvalue weighted by Gasteiger charge is 2.29. The summed E-state index contributed by atoms with van der Waals surface area (Å²) in [7, 11) is 0. The Balaban J connectivity index is 1.51. The molecule has 2 aliphatic rings. The quantitative estimate of drug-likeness (QED) is 0.776. The molecule has 0 N–H and O–H groups in total. The van der Waals surface area contributed by atoms with Gasteiger partial charge in [0, 0.05) is 24.6 Å². The van der Waals surface area contributed by atoms with Crippen molar-refractivity contribution in [1.82, 2.24) is 9.80 Å². The summed E-state index contributed by atoms with van der Waals surface area (Å²) in [5, 5.41) is 0. The van der Waals surface area contributed by atoms with E-state index in [9.17, 15) is 9.59 Å². The first-order valence-corrected chi connectivity index (χ1v) is 9.67. The first-order valence-electron chi connectivity index (χ1n) is 9.67. The van der Waals surface area contributed by atoms with Gasteiger partial charge in [0.25, 0.3) is 0 Å². The number of aryl methyl sites for hydroxylation is 2. The van der Waals surface area contributed by atoms with Gasteiger partial charge >= 0.3 is 0 Å². The second-order valence-electron chi connectivity index (χ2n) is 7.75. The second-order valence-corrected chi connectivity index (χ2v) is 7.75. The molecule has 1 atom stereocenters. The lowest BCUT2D eigenvalue weighted by atomic mass is 9.87. The standard InChI is InChI=1S/C21H30N2O3/c1-15-4-5-19(16(2)12-15)21(25)18-6-8-22(9-7-18)14-20(24)23-10-11-26-17(3)13-23/h4-5,12,17-18H,6-11,13-14H2,1-3H3/t17-/m1/s1. The van der Waals surface area contributed by atoms with Gasteiger partial charge < -0.3 is 9.64 Å². The highest BCUT2D eigenvalue weighted by Crippen LogP contribution is 2.24. The Morgan fingerprint density at radius 2 is 1.88 bits per heavy atom. The highest BCUT2D eigenvalue weighted by molar-refractivity contribution is 5.99. The molecule has 2 fully saturated rings. The van der Waals surface area contributed by atoms with Crippen LogP contribution in [-0.4, -0.2) is 66.9 Å². The molecule has 3 rings (SSSR count). The molecule has 5 heteroatoms. The van der Waals surface area contributed by atoms with Crippen LogP contribution in [0.5, 0.6) is 0 Å². The number of morpholine rings is 1. The number of ether oxygens (including phenoxy) is 1. The number of nitrogens with zero attached hydrogens (tertiary/aromatic N) is 2. The summed E-state index contributed by atoms with van der Waals surface area (Å²) in [4.78, 5) is 29.4. The van der Waals surface area contributed by atoms with Crippen molar-refractivity contribution >= 4 is 11.7 Å². The molecule has 0 saturated carbocycles. The van der Waals surface area contributed by atoms with Crippen LogP contribution >= 0.6 is 0 Å². The molecule has 26 heavy (non-hydrogen) atoms. The van der Waals surface area contributed by atoms with Crippen molar-refractivity contribution in [3.8, 4) is 0 Å². The number of hydrogen-bond donors (Lipinski definition) is 0. The Morgan fingerprint density at radius 1 is 1.15 bits per heavy atom. The van der Waals surface area contributed by atoms with Crippen LogP contribution in [0.4, 0.5) is 0 Å². The summed E-state index contributed by atoms with van der Waals surface area (Å²) in [6.45, 7) is 10.1. The number of benzene rings is 1. The van der Waals surface area contributed by atoms with Crippen LogP contribution in [0, 0.1) is 19.8 Å². The Bertz CT molecular complexity index is 665. The largest absolute Gasteiger partial charge is 0.375 e. The van der Waals surface area contributed by atoms with Crippen LogP contribution in [0.15, 0.2) is 18.2 Å². The number of rotatable bonds is 4. The third-order valence-electron chi connectivity index (χ3n) is 5.56. The Hall–Kier alpha value is -1.72. The number of carbonyl (C=O) groups is 2. The van der Waals surface area contributed by atoms with Crippen molar-refractivity contribution in [3.63, 3.8) is 0 Å². The van der Waals surface area contributed by atoms with E-state index < -0.39 is 0 Å². The number of carbonyl (C=O) groups excluding carboxylic acids is 2. The highest BCUT2D eigenvalue weighted by atomic mass is 16.5. The Morgan fingerprint density at radius 3 is 2.54 bits per heavy atom. The first-order chi connectivity index (χ1) is 12.4. The van der Waals surface area contributed by atoms with E-state index in [1.54, 1.807) is 0 Å². The van der Waals surface area contributed by atoms with Crippen LogP contribution in [-0.2, 0) is 9.53 Å². The minimum Gasteiger partial charge on any atom is -0.375 e. The number of likely N-dealkylation sites (tertiary alicyclic amines) is 1. The van der Waals surface area contributed by atoms with Gasteiger partial charge in [0.05, 0.1) is 19.3 Å². The average Bonchev–Trinajstić information content (AvgIpc) is 2.62. The normalized spacial score (nSPS) is 22.4. The predicted octanol–water partition coefficient (Wildman–Crippen LogP) is 2.45. The van der Waals surface area contributed by atoms with Crippen molar-refractivity contribution in [2.75, 3.05) is 39.3 Å². The monoisotopic (exact) mass is 358 g/mol. The molecule has 1 aromatic carbocycles. The van der Waals surface area contributed by atoms with Crippen molar-refractivity contribution in [2.45, 2.75) is 39.7 Å². The van der Waals surface area contributed by atoms with Crippen molar-refractivity contribution in [3.05, 3.63) is 34.9 Å². The summed E-state index contributed by atoms with van der Waals surface area (Å²) in [5.74, 6) is 0.515. The molecule has 0 spiro atoms. The van der Waals surface area contributed by atoms with Crippen LogP contribution in [0.1, 0.15) is 41.3 Å². The van der Waals surface area contributed by atoms with E-state index in [-0.39, 0.29) is 23.7 Å². The fourth-order valence-corrected chi connectivity index (χ4v) is 4.00. The van der Waals surface area contributed by atoms with Gasteiger partial charge in [0.15, 0.2) is 5.78 Å². The smallest absolute Gasteiger partial charge is 0.236 e. The van der Waals surface area contributed by atoms with E-state index in [1.165, 1.54) is 5.56 Å². The molecule has 0 unspecified atom stereocenters. The lowest BCUT2D eigenvalue weighted by molar-refractivity contribution is -0.139. The summed E-state index contributed by atoms with van der Waals surface area (Å²) < 4.78 is 5.50. The molecule has 0 radical (unpaired) electrons. The number of Topliss-reactive ketones (excluding diaryl/α,β-unsaturated/α-hetero) is 1. The molecule has 2 aliphatic heterocycles. The Kier molecular flexibility index (Phi) is 6.09. The van der Waals surface area contributed by atoms with Gasteiger partial charge in [-0.2, -0.15) is 0 Å². The van der Waals surface area contributed by atoms with Crippen LogP contribution in [0.3, 0.4) is 0 Å². The zero-order valence-corrected chi connectivity index (χ0v) is 16.2. The molecule has 0 aromatic heterocycles. The number of amides is 1. The van der Waals surface area contributed by atoms with E-state index in [2.05, 4.69) is 11.0 Å². The molecule has 5 nitrogen and oxygen atoms in total. The topological polar surface area (TPSA) is 49.9 Å². The maximum atomic E-state index is 12.8. The number of piperidine rings is 1. The zero-order valence-electron chi connectivity index (χ0n) is 16.2. The third kappa shape index (κ3) is 4.51. The van der Waals surface area contributed by atoms with Gasteiger partial charge in [-0.3, -0.25) is 14.5 Å². The molecule has 0 aliphatic carbocycles. The summed E-state index contributed by atoms with van der Waals surface area (Å²) in [6, 6.07) is 6.05. The van der Waals surface area contributed by atoms with Crippen molar-refractivity contribution < 1.29 is 14.3 Å². The van der Waals surface area contributed by atoms with Gasteiger partial charge in [-0.15, -0.1) is 0 Å². The summed E-state index contributed by atoms with van der Waals surface area (Å²) >= 11 is 0. The molecule has 1 amide bonds. The van der Waals surface area contributed by atoms with Gasteiger partial charge in [0.1, 0.15) is 0 Å². The van der Waals surface area contributed by atoms with E-state index in [0.29, 0.717) is 26.2 Å². The fraction of sp³-hybridized carbons (Fsp3) is 0.619. The Labute approximate surface area is 156 Å². The van der Waals surface area contributed by atoms with Crippen molar-refractivity contribution in [1.29, 1.82) is 0 Å². The van der Waals surface area contributed by atoms with Gasteiger partial charge in [-0.25, -0.2) is 0 Å². The number of hydrogen-bond acceptors (Lipinski definition) is 4. The molecule has 2 heterocycles. The second kappa shape index (κ2) is 8.31. The molecule has 2 saturated heterocycles. The first kappa shape index (κ1) is 19.1. The van der Waals surface area contributed by atoms with E-state index in [1.807, 2.05) is 37.8 Å². The maximum absolute atomic E-state index is 12.8. The molecule has 142 valence electrons. The fourth-order valence-electron chi connectivity index (χ4n) is 4.00. The van der Waals surface area contributed by atoms with Crippen LogP contribution in [0.25, 0.3) is 0 Å². The molecule has 1 aromatic rings. The lowest BCUT2D eigenvalue weighted by Gasteiger charge is -2.35. The van der Waals surface area contributed by atoms with E-state index >= 15 is 0 Å². The van der Waals surface area contributed by atoms with Gasteiger partial charge in [0.2, 0.25) is 5.91 Å². The summed E-state index contributed by atoms with van der Waals surface area (Å²) in [6.07, 6.45) is 1.78. The minimum atomic E-state index is 0.0752. The van der Waals surface area contributed by atoms with Crippen molar-refractivity contribution in [2.24, 2.45) is 5.92 Å². The van der Waals surface area contributed by atoms with Gasteiger partial charge in [-0.05, 0) is 52.3 Å². The minimum absolute atomic E-state index is 0.0752.